The van der Waals surface area contributed by atoms with Crippen LogP contribution >= 0.6 is 0 Å². The van der Waals surface area contributed by atoms with Crippen molar-refractivity contribution >= 4 is 5.97 Å². The van der Waals surface area contributed by atoms with Crippen molar-refractivity contribution < 1.29 is 9.53 Å². The maximum absolute atomic E-state index is 11.4. The fourth-order valence-electron chi connectivity index (χ4n) is 3.03. The molecule has 0 aromatic heterocycles. The predicted molar refractivity (Wildman–Crippen MR) is 71.3 cm³/mol. The van der Waals surface area contributed by atoms with Gasteiger partial charge in [-0.05, 0) is 38.3 Å². The number of rotatable bonds is 5. The molecule has 3 saturated heterocycles. The van der Waals surface area contributed by atoms with Gasteiger partial charge in [0.05, 0.1) is 7.11 Å². The molecule has 0 radical (unpaired) electrons. The maximum Gasteiger partial charge on any atom is 0.333 e. The van der Waals surface area contributed by atoms with E-state index in [9.17, 15) is 4.79 Å². The van der Waals surface area contributed by atoms with Crippen molar-refractivity contribution in [3.8, 4) is 0 Å². The highest BCUT2D eigenvalue weighted by Gasteiger charge is 2.33. The van der Waals surface area contributed by atoms with Crippen molar-refractivity contribution in [3.63, 3.8) is 0 Å². The van der Waals surface area contributed by atoms with Gasteiger partial charge in [-0.25, -0.2) is 4.79 Å². The third-order valence-electron chi connectivity index (χ3n) is 4.21. The van der Waals surface area contributed by atoms with Crippen LogP contribution in [0.5, 0.6) is 0 Å². The Morgan fingerprint density at radius 1 is 1.44 bits per heavy atom. The van der Waals surface area contributed by atoms with E-state index in [4.69, 9.17) is 4.74 Å². The number of esters is 1. The summed E-state index contributed by atoms with van der Waals surface area (Å²) < 4.78 is 4.75. The zero-order valence-corrected chi connectivity index (χ0v) is 11.4. The zero-order valence-electron chi connectivity index (χ0n) is 11.4. The minimum absolute atomic E-state index is 0.201. The van der Waals surface area contributed by atoms with Crippen LogP contribution in [0.25, 0.3) is 0 Å². The number of hydrogen-bond acceptors (Lipinski definition) is 4. The van der Waals surface area contributed by atoms with Crippen LogP contribution in [0.3, 0.4) is 0 Å². The van der Waals surface area contributed by atoms with Gasteiger partial charge in [-0.3, -0.25) is 0 Å². The third kappa shape index (κ3) is 3.12. The lowest BCUT2D eigenvalue weighted by atomic mass is 9.84. The first-order valence-corrected chi connectivity index (χ1v) is 6.97. The van der Waals surface area contributed by atoms with E-state index in [2.05, 4.69) is 10.2 Å². The topological polar surface area (TPSA) is 41.6 Å². The Labute approximate surface area is 109 Å². The van der Waals surface area contributed by atoms with Gasteiger partial charge in [0.25, 0.3) is 0 Å². The van der Waals surface area contributed by atoms with Crippen molar-refractivity contribution in [2.75, 3.05) is 33.3 Å². The molecule has 3 aliphatic rings. The second kappa shape index (κ2) is 6.34. The summed E-state index contributed by atoms with van der Waals surface area (Å²) in [5.41, 5.74) is 0.770. The molecular formula is C14H24N2O2. The van der Waals surface area contributed by atoms with E-state index in [0.717, 1.165) is 31.0 Å². The van der Waals surface area contributed by atoms with Gasteiger partial charge in [0, 0.05) is 24.7 Å². The summed E-state index contributed by atoms with van der Waals surface area (Å²) in [5, 5.41) is 3.57. The molecular weight excluding hydrogens is 228 g/mol. The average Bonchev–Trinajstić information content (AvgIpc) is 2.44. The van der Waals surface area contributed by atoms with Gasteiger partial charge < -0.3 is 15.0 Å². The Morgan fingerprint density at radius 2 is 2.17 bits per heavy atom. The number of nitrogens with zero attached hydrogens (tertiary/aromatic N) is 1. The molecule has 4 nitrogen and oxygen atoms in total. The maximum atomic E-state index is 11.4. The van der Waals surface area contributed by atoms with Crippen molar-refractivity contribution in [1.82, 2.24) is 10.2 Å². The van der Waals surface area contributed by atoms with Crippen LogP contribution in [0.1, 0.15) is 26.2 Å². The van der Waals surface area contributed by atoms with Crippen LogP contribution in [0.15, 0.2) is 11.6 Å². The van der Waals surface area contributed by atoms with Crippen LogP contribution in [0.2, 0.25) is 0 Å². The summed E-state index contributed by atoms with van der Waals surface area (Å²) in [7, 11) is 1.44. The summed E-state index contributed by atoms with van der Waals surface area (Å²) in [5.74, 6) is 0.625. The molecule has 0 saturated carbocycles. The van der Waals surface area contributed by atoms with Crippen molar-refractivity contribution in [2.45, 2.75) is 32.2 Å². The Morgan fingerprint density at radius 3 is 2.67 bits per heavy atom. The Hall–Kier alpha value is -0.870. The number of nitrogens with one attached hydrogen (secondary N) is 1. The molecule has 18 heavy (non-hydrogen) atoms. The van der Waals surface area contributed by atoms with Gasteiger partial charge in [-0.1, -0.05) is 13.0 Å². The summed E-state index contributed by atoms with van der Waals surface area (Å²) in [4.78, 5) is 14.0. The van der Waals surface area contributed by atoms with E-state index in [1.54, 1.807) is 0 Å². The number of methoxy groups -OCH3 is 1. The first-order valence-electron chi connectivity index (χ1n) is 6.97. The predicted octanol–water partition coefficient (Wildman–Crippen LogP) is 1.18. The van der Waals surface area contributed by atoms with Crippen molar-refractivity contribution in [1.29, 1.82) is 0 Å². The molecule has 0 spiro atoms. The molecule has 102 valence electrons. The second-order valence-corrected chi connectivity index (χ2v) is 5.23. The number of carbonyl (C=O) groups is 1. The van der Waals surface area contributed by atoms with Crippen LogP contribution in [0.4, 0.5) is 0 Å². The quantitative estimate of drug-likeness (QED) is 0.589. The molecule has 0 amide bonds. The van der Waals surface area contributed by atoms with E-state index < -0.39 is 0 Å². The number of carbonyl (C=O) groups excluding carboxylic acids is 1. The van der Waals surface area contributed by atoms with Gasteiger partial charge in [0.2, 0.25) is 0 Å². The Balaban J connectivity index is 1.81. The van der Waals surface area contributed by atoms with Crippen LogP contribution in [0, 0.1) is 5.92 Å². The first-order chi connectivity index (χ1) is 8.74. The van der Waals surface area contributed by atoms with Crippen LogP contribution in [-0.2, 0) is 9.53 Å². The molecule has 1 unspecified atom stereocenters. The lowest BCUT2D eigenvalue weighted by Gasteiger charge is -2.45. The standard InChI is InChI=1S/C14H24N2O2/c1-3-11(14(17)18-2)4-7-15-13-10-16-8-5-12(13)6-9-16/h4,12-13,15H,3,5-10H2,1-2H3. The molecule has 2 bridgehead atoms. The fraction of sp³-hybridized carbons (Fsp3) is 0.786. The van der Waals surface area contributed by atoms with Gasteiger partial charge in [-0.15, -0.1) is 0 Å². The third-order valence-corrected chi connectivity index (χ3v) is 4.21. The summed E-state index contributed by atoms with van der Waals surface area (Å²) in [6, 6.07) is 0.597. The largest absolute Gasteiger partial charge is 0.466 e. The smallest absolute Gasteiger partial charge is 0.333 e. The lowest BCUT2D eigenvalue weighted by Crippen LogP contribution is -2.56. The molecule has 0 aliphatic carbocycles. The second-order valence-electron chi connectivity index (χ2n) is 5.23. The highest BCUT2D eigenvalue weighted by atomic mass is 16.5. The fourth-order valence-corrected chi connectivity index (χ4v) is 3.03. The highest BCUT2D eigenvalue weighted by molar-refractivity contribution is 5.88. The lowest BCUT2D eigenvalue weighted by molar-refractivity contribution is -0.136. The minimum Gasteiger partial charge on any atom is -0.466 e. The van der Waals surface area contributed by atoms with E-state index in [-0.39, 0.29) is 5.97 Å². The molecule has 3 heterocycles. The minimum atomic E-state index is -0.201. The molecule has 0 aromatic rings. The normalized spacial score (nSPS) is 31.4. The Kier molecular flexibility index (Phi) is 4.78. The van der Waals surface area contributed by atoms with Gasteiger partial charge in [0.1, 0.15) is 0 Å². The zero-order chi connectivity index (χ0) is 13.0. The monoisotopic (exact) mass is 252 g/mol. The van der Waals surface area contributed by atoms with E-state index in [1.807, 2.05) is 13.0 Å². The van der Waals surface area contributed by atoms with Crippen molar-refractivity contribution in [2.24, 2.45) is 5.92 Å². The highest BCUT2D eigenvalue weighted by Crippen LogP contribution is 2.27. The first kappa shape index (κ1) is 13.6. The van der Waals surface area contributed by atoms with Crippen molar-refractivity contribution in [3.05, 3.63) is 11.6 Å². The summed E-state index contributed by atoms with van der Waals surface area (Å²) >= 11 is 0. The molecule has 1 atom stereocenters. The molecule has 4 heteroatoms. The molecule has 0 aromatic carbocycles. The molecule has 3 aliphatic heterocycles. The van der Waals surface area contributed by atoms with E-state index in [1.165, 1.54) is 33.0 Å². The van der Waals surface area contributed by atoms with E-state index in [0.29, 0.717) is 6.04 Å². The number of piperidine rings is 3. The number of ether oxygens (including phenoxy) is 1. The van der Waals surface area contributed by atoms with Gasteiger partial charge in [0.15, 0.2) is 0 Å². The SMILES string of the molecule is CCC(=CCNC1CN2CCC1CC2)C(=O)OC. The molecule has 3 fully saturated rings. The molecule has 1 N–H and O–H groups in total. The van der Waals surface area contributed by atoms with Gasteiger partial charge in [-0.2, -0.15) is 0 Å². The summed E-state index contributed by atoms with van der Waals surface area (Å²) in [6.07, 6.45) is 5.34. The van der Waals surface area contributed by atoms with Crippen LogP contribution in [-0.4, -0.2) is 50.2 Å². The van der Waals surface area contributed by atoms with E-state index >= 15 is 0 Å². The number of hydrogen-bond donors (Lipinski definition) is 1. The average molecular weight is 252 g/mol. The Bertz CT molecular complexity index is 320. The summed E-state index contributed by atoms with van der Waals surface area (Å²) in [6.45, 7) is 6.45. The van der Waals surface area contributed by atoms with Crippen LogP contribution < -0.4 is 5.32 Å². The number of fused-ring (bicyclic) bond motifs is 3. The van der Waals surface area contributed by atoms with Gasteiger partial charge >= 0.3 is 5.97 Å². The molecule has 3 rings (SSSR count).